The number of hydrogen-bond acceptors (Lipinski definition) is 6. The number of carbonyl (C=O) groups excluding carboxylic acids is 1. The van der Waals surface area contributed by atoms with Crippen LogP contribution in [0.3, 0.4) is 0 Å². The maximum Gasteiger partial charge on any atom is 0.573 e. The number of benzene rings is 2. The highest BCUT2D eigenvalue weighted by molar-refractivity contribution is 7.19. The van der Waals surface area contributed by atoms with Gasteiger partial charge in [0, 0.05) is 18.0 Å². The van der Waals surface area contributed by atoms with Crippen molar-refractivity contribution in [2.24, 2.45) is 0 Å². The molecular weight excluding hydrogens is 467 g/mol. The number of ether oxygens (including phenoxy) is 3. The van der Waals surface area contributed by atoms with Crippen molar-refractivity contribution < 1.29 is 32.2 Å². The highest BCUT2D eigenvalue weighted by Crippen LogP contribution is 2.36. The molecule has 0 amide bonds. The van der Waals surface area contributed by atoms with Crippen molar-refractivity contribution in [1.29, 1.82) is 0 Å². The van der Waals surface area contributed by atoms with E-state index in [1.807, 2.05) is 30.3 Å². The van der Waals surface area contributed by atoms with E-state index >= 15 is 0 Å². The first kappa shape index (κ1) is 23.9. The molecule has 0 saturated heterocycles. The zero-order chi connectivity index (χ0) is 24.1. The largest absolute Gasteiger partial charge is 0.573 e. The number of carbonyl (C=O) groups is 1. The van der Waals surface area contributed by atoms with Crippen LogP contribution < -0.4 is 14.4 Å². The molecule has 0 unspecified atom stereocenters. The maximum atomic E-state index is 12.4. The third-order valence-electron chi connectivity index (χ3n) is 5.42. The highest BCUT2D eigenvalue weighted by atomic mass is 32.1. The Hall–Kier alpha value is -3.20. The minimum absolute atomic E-state index is 0.111. The van der Waals surface area contributed by atoms with Gasteiger partial charge < -0.3 is 19.1 Å². The molecule has 1 aliphatic heterocycles. The van der Waals surface area contributed by atoms with Gasteiger partial charge in [0.05, 0.1) is 11.6 Å². The van der Waals surface area contributed by atoms with Crippen LogP contribution in [0.4, 0.5) is 18.2 Å². The van der Waals surface area contributed by atoms with E-state index in [4.69, 9.17) is 9.47 Å². The molecule has 0 spiro atoms. The van der Waals surface area contributed by atoms with Crippen LogP contribution >= 0.6 is 11.3 Å². The van der Waals surface area contributed by atoms with Crippen molar-refractivity contribution in [3.05, 3.63) is 65.7 Å². The summed E-state index contributed by atoms with van der Waals surface area (Å²) in [6, 6.07) is 15.9. The summed E-state index contributed by atoms with van der Waals surface area (Å²) >= 11 is 1.61. The van der Waals surface area contributed by atoms with E-state index in [0.717, 1.165) is 41.4 Å². The predicted octanol–water partition coefficient (Wildman–Crippen LogP) is 5.86. The SMILES string of the molecule is CCOC(=O)COc1ccc2c(c1)CCN(c1ccc(-c3ccc(OC(F)(F)F)cc3)s1)CC2. The molecule has 4 rings (SSSR count). The van der Waals surface area contributed by atoms with Crippen molar-refractivity contribution in [3.8, 4) is 21.9 Å². The normalized spacial score (nSPS) is 13.7. The number of rotatable bonds is 7. The second kappa shape index (κ2) is 10.4. The Morgan fingerprint density at radius 2 is 1.68 bits per heavy atom. The van der Waals surface area contributed by atoms with E-state index in [2.05, 4.69) is 9.64 Å². The topological polar surface area (TPSA) is 48.0 Å². The average Bonchev–Trinajstić information content (AvgIpc) is 3.18. The Balaban J connectivity index is 1.39. The van der Waals surface area contributed by atoms with Gasteiger partial charge in [-0.25, -0.2) is 4.79 Å². The van der Waals surface area contributed by atoms with E-state index in [1.54, 1.807) is 30.4 Å². The van der Waals surface area contributed by atoms with Crippen LogP contribution in [0, 0.1) is 0 Å². The van der Waals surface area contributed by atoms with Gasteiger partial charge in [-0.1, -0.05) is 6.07 Å². The number of thiophene rings is 1. The Morgan fingerprint density at radius 3 is 2.38 bits per heavy atom. The van der Waals surface area contributed by atoms with E-state index < -0.39 is 6.36 Å². The average molecular weight is 492 g/mol. The van der Waals surface area contributed by atoms with Crippen LogP contribution in [0.1, 0.15) is 18.1 Å². The quantitative estimate of drug-likeness (QED) is 0.388. The van der Waals surface area contributed by atoms with Gasteiger partial charge in [0.2, 0.25) is 0 Å². The molecule has 0 bridgehead atoms. The number of anilines is 1. The van der Waals surface area contributed by atoms with Crippen molar-refractivity contribution in [1.82, 2.24) is 0 Å². The lowest BCUT2D eigenvalue weighted by molar-refractivity contribution is -0.274. The van der Waals surface area contributed by atoms with Crippen molar-refractivity contribution in [2.45, 2.75) is 26.1 Å². The first-order chi connectivity index (χ1) is 16.3. The van der Waals surface area contributed by atoms with Crippen LogP contribution in [0.2, 0.25) is 0 Å². The Kier molecular flexibility index (Phi) is 7.31. The summed E-state index contributed by atoms with van der Waals surface area (Å²) in [5, 5.41) is 1.11. The van der Waals surface area contributed by atoms with Crippen LogP contribution in [0.15, 0.2) is 54.6 Å². The van der Waals surface area contributed by atoms with Gasteiger partial charge in [0.1, 0.15) is 11.5 Å². The summed E-state index contributed by atoms with van der Waals surface area (Å²) in [7, 11) is 0. The van der Waals surface area contributed by atoms with Gasteiger partial charge >= 0.3 is 12.3 Å². The molecule has 34 heavy (non-hydrogen) atoms. The molecule has 0 atom stereocenters. The molecule has 2 heterocycles. The maximum absolute atomic E-state index is 12.4. The lowest BCUT2D eigenvalue weighted by Gasteiger charge is -2.20. The highest BCUT2D eigenvalue weighted by Gasteiger charge is 2.31. The fourth-order valence-electron chi connectivity index (χ4n) is 3.83. The van der Waals surface area contributed by atoms with Gasteiger partial charge in [-0.15, -0.1) is 24.5 Å². The van der Waals surface area contributed by atoms with Crippen molar-refractivity contribution in [2.75, 3.05) is 31.2 Å². The second-order valence-electron chi connectivity index (χ2n) is 7.72. The number of halogens is 3. The number of fused-ring (bicyclic) bond motifs is 1. The molecule has 180 valence electrons. The van der Waals surface area contributed by atoms with Gasteiger partial charge in [0.15, 0.2) is 6.61 Å². The molecule has 1 aromatic heterocycles. The van der Waals surface area contributed by atoms with Crippen LogP contribution in [0.25, 0.3) is 10.4 Å². The standard InChI is InChI=1S/C25H24F3NO4S/c1-2-31-24(30)16-32-21-8-3-17-11-13-29(14-12-19(17)15-21)23-10-9-22(34-23)18-4-6-20(7-5-18)33-25(26,27)28/h3-10,15H,2,11-14,16H2,1H3. The zero-order valence-electron chi connectivity index (χ0n) is 18.6. The lowest BCUT2D eigenvalue weighted by Crippen LogP contribution is -2.24. The molecule has 0 radical (unpaired) electrons. The summed E-state index contributed by atoms with van der Waals surface area (Å²) in [6.07, 6.45) is -2.98. The molecule has 2 aromatic carbocycles. The number of alkyl halides is 3. The van der Waals surface area contributed by atoms with Crippen molar-refractivity contribution in [3.63, 3.8) is 0 Å². The molecule has 0 fully saturated rings. The molecule has 9 heteroatoms. The van der Waals surface area contributed by atoms with E-state index in [9.17, 15) is 18.0 Å². The van der Waals surface area contributed by atoms with Crippen LogP contribution in [-0.4, -0.2) is 38.6 Å². The predicted molar refractivity (Wildman–Crippen MR) is 125 cm³/mol. The van der Waals surface area contributed by atoms with E-state index in [0.29, 0.717) is 12.4 Å². The molecule has 0 N–H and O–H groups in total. The minimum atomic E-state index is -4.70. The smallest absolute Gasteiger partial charge is 0.482 e. The third-order valence-corrected chi connectivity index (χ3v) is 6.61. The van der Waals surface area contributed by atoms with E-state index in [1.165, 1.54) is 23.3 Å². The van der Waals surface area contributed by atoms with E-state index in [-0.39, 0.29) is 18.3 Å². The minimum Gasteiger partial charge on any atom is -0.482 e. The van der Waals surface area contributed by atoms with Gasteiger partial charge in [-0.05, 0) is 85.0 Å². The summed E-state index contributed by atoms with van der Waals surface area (Å²) in [5.41, 5.74) is 3.29. The molecule has 1 aliphatic rings. The van der Waals surface area contributed by atoms with Crippen LogP contribution in [0.5, 0.6) is 11.5 Å². The third kappa shape index (κ3) is 6.22. The lowest BCUT2D eigenvalue weighted by atomic mass is 10.0. The number of hydrogen-bond donors (Lipinski definition) is 0. The molecule has 5 nitrogen and oxygen atoms in total. The Morgan fingerprint density at radius 1 is 0.971 bits per heavy atom. The fraction of sp³-hybridized carbons (Fsp3) is 0.320. The molecule has 0 aliphatic carbocycles. The first-order valence-corrected chi connectivity index (χ1v) is 11.7. The van der Waals surface area contributed by atoms with Gasteiger partial charge in [0.25, 0.3) is 0 Å². The second-order valence-corrected chi connectivity index (χ2v) is 8.78. The summed E-state index contributed by atoms with van der Waals surface area (Å²) in [4.78, 5) is 14.8. The summed E-state index contributed by atoms with van der Waals surface area (Å²) in [5.74, 6) is 0.0279. The Bertz CT molecular complexity index is 1130. The first-order valence-electron chi connectivity index (χ1n) is 10.9. The van der Waals surface area contributed by atoms with Crippen molar-refractivity contribution >= 4 is 22.3 Å². The monoisotopic (exact) mass is 491 g/mol. The van der Waals surface area contributed by atoms with Gasteiger partial charge in [-0.2, -0.15) is 0 Å². The van der Waals surface area contributed by atoms with Crippen LogP contribution in [-0.2, 0) is 22.4 Å². The fourth-order valence-corrected chi connectivity index (χ4v) is 4.89. The molecular formula is C25H24F3NO4S. The Labute approximate surface area is 199 Å². The zero-order valence-corrected chi connectivity index (χ0v) is 19.4. The summed E-state index contributed by atoms with van der Waals surface area (Å²) in [6.45, 7) is 3.65. The molecule has 3 aromatic rings. The summed E-state index contributed by atoms with van der Waals surface area (Å²) < 4.78 is 51.5. The number of nitrogens with zero attached hydrogens (tertiary/aromatic N) is 1. The van der Waals surface area contributed by atoms with Gasteiger partial charge in [-0.3, -0.25) is 0 Å². The molecule has 0 saturated carbocycles. The number of esters is 1.